The van der Waals surface area contributed by atoms with Gasteiger partial charge in [0.2, 0.25) is 11.8 Å². The molecule has 2 heterocycles. The number of amides is 2. The monoisotopic (exact) mass is 431 g/mol. The van der Waals surface area contributed by atoms with Gasteiger partial charge in [-0.1, -0.05) is 30.0 Å². The van der Waals surface area contributed by atoms with Crippen LogP contribution in [0.3, 0.4) is 0 Å². The molecule has 10 heteroatoms. The van der Waals surface area contributed by atoms with E-state index < -0.39 is 5.91 Å². The van der Waals surface area contributed by atoms with Crippen molar-refractivity contribution in [2.24, 2.45) is 5.73 Å². The van der Waals surface area contributed by atoms with Crippen molar-refractivity contribution in [1.29, 1.82) is 0 Å². The van der Waals surface area contributed by atoms with Gasteiger partial charge in [-0.2, -0.15) is 0 Å². The van der Waals surface area contributed by atoms with Gasteiger partial charge in [0, 0.05) is 29.3 Å². The number of anilines is 1. The molecule has 0 aliphatic rings. The lowest BCUT2D eigenvalue weighted by molar-refractivity contribution is -0.113. The molecule has 4 aromatic rings. The maximum absolute atomic E-state index is 12.4. The maximum atomic E-state index is 12.4. The Morgan fingerprint density at radius 1 is 1.00 bits per heavy atom. The Labute approximate surface area is 181 Å². The fourth-order valence-corrected chi connectivity index (χ4v) is 3.55. The van der Waals surface area contributed by atoms with Crippen LogP contribution in [0.5, 0.6) is 0 Å². The average Bonchev–Trinajstić information content (AvgIpc) is 3.23. The third-order valence-electron chi connectivity index (χ3n) is 4.23. The van der Waals surface area contributed by atoms with E-state index >= 15 is 0 Å². The first kappa shape index (κ1) is 20.2. The molecular formula is C21H17N7O2S. The first-order chi connectivity index (χ1) is 15.1. The van der Waals surface area contributed by atoms with Gasteiger partial charge in [-0.15, -0.1) is 10.2 Å². The molecule has 0 spiro atoms. The summed E-state index contributed by atoms with van der Waals surface area (Å²) >= 11 is 1.25. The quantitative estimate of drug-likeness (QED) is 0.430. The lowest BCUT2D eigenvalue weighted by Gasteiger charge is -2.10. The van der Waals surface area contributed by atoms with Crippen molar-refractivity contribution in [1.82, 2.24) is 24.7 Å². The molecule has 3 N–H and O–H groups in total. The Hall–Kier alpha value is -4.05. The molecule has 9 nitrogen and oxygen atoms in total. The number of hydrogen-bond donors (Lipinski definition) is 2. The minimum atomic E-state index is -0.521. The Bertz CT molecular complexity index is 1200. The standard InChI is InChI=1S/C21H17N7O2S/c22-19(30)14-6-8-15(9-7-14)25-18(29)13-31-21-27-26-20(17-12-23-10-11-24-17)28(21)16-4-2-1-3-5-16/h1-12H,13H2,(H2,22,30)(H,25,29). The zero-order chi connectivity index (χ0) is 21.6. The topological polar surface area (TPSA) is 129 Å². The van der Waals surface area contributed by atoms with Crippen molar-refractivity contribution in [3.05, 3.63) is 78.8 Å². The lowest BCUT2D eigenvalue weighted by atomic mass is 10.2. The highest BCUT2D eigenvalue weighted by Crippen LogP contribution is 2.26. The number of primary amides is 1. The highest BCUT2D eigenvalue weighted by atomic mass is 32.2. The van der Waals surface area contributed by atoms with Crippen molar-refractivity contribution in [2.75, 3.05) is 11.1 Å². The molecule has 4 rings (SSSR count). The second-order valence-electron chi connectivity index (χ2n) is 6.35. The number of para-hydroxylation sites is 1. The molecule has 31 heavy (non-hydrogen) atoms. The van der Waals surface area contributed by atoms with E-state index in [-0.39, 0.29) is 11.7 Å². The first-order valence-electron chi connectivity index (χ1n) is 9.21. The van der Waals surface area contributed by atoms with Crippen LogP contribution in [0.4, 0.5) is 5.69 Å². The summed E-state index contributed by atoms with van der Waals surface area (Å²) in [7, 11) is 0. The van der Waals surface area contributed by atoms with Gasteiger partial charge >= 0.3 is 0 Å². The molecule has 2 aromatic carbocycles. The van der Waals surface area contributed by atoms with Crippen LogP contribution in [0.2, 0.25) is 0 Å². The number of carbonyl (C=O) groups is 2. The second-order valence-corrected chi connectivity index (χ2v) is 7.29. The molecule has 0 saturated heterocycles. The van der Waals surface area contributed by atoms with Gasteiger partial charge < -0.3 is 11.1 Å². The minimum Gasteiger partial charge on any atom is -0.366 e. The van der Waals surface area contributed by atoms with E-state index in [0.29, 0.717) is 27.9 Å². The predicted octanol–water partition coefficient (Wildman–Crippen LogP) is 2.55. The van der Waals surface area contributed by atoms with E-state index in [2.05, 4.69) is 25.5 Å². The molecule has 0 aliphatic carbocycles. The van der Waals surface area contributed by atoms with Crippen molar-refractivity contribution < 1.29 is 9.59 Å². The molecule has 0 atom stereocenters. The van der Waals surface area contributed by atoms with E-state index in [0.717, 1.165) is 5.69 Å². The van der Waals surface area contributed by atoms with Crippen LogP contribution in [0.25, 0.3) is 17.2 Å². The summed E-state index contributed by atoms with van der Waals surface area (Å²) in [5, 5.41) is 11.9. The van der Waals surface area contributed by atoms with E-state index in [1.165, 1.54) is 11.8 Å². The summed E-state index contributed by atoms with van der Waals surface area (Å²) in [5.41, 5.74) is 7.59. The summed E-state index contributed by atoms with van der Waals surface area (Å²) in [4.78, 5) is 32.0. The van der Waals surface area contributed by atoms with Crippen molar-refractivity contribution in [3.63, 3.8) is 0 Å². The number of nitrogens with zero attached hydrogens (tertiary/aromatic N) is 5. The van der Waals surface area contributed by atoms with Gasteiger partial charge in [0.15, 0.2) is 11.0 Å². The molecule has 0 saturated carbocycles. The number of nitrogens with one attached hydrogen (secondary N) is 1. The van der Waals surface area contributed by atoms with Crippen LogP contribution in [0.1, 0.15) is 10.4 Å². The Balaban J connectivity index is 1.52. The molecule has 0 unspecified atom stereocenters. The van der Waals surface area contributed by atoms with Crippen LogP contribution < -0.4 is 11.1 Å². The van der Waals surface area contributed by atoms with E-state index in [9.17, 15) is 9.59 Å². The number of thioether (sulfide) groups is 1. The van der Waals surface area contributed by atoms with Gasteiger partial charge in [0.25, 0.3) is 0 Å². The normalized spacial score (nSPS) is 10.6. The lowest BCUT2D eigenvalue weighted by Crippen LogP contribution is -2.15. The third kappa shape index (κ3) is 4.75. The molecule has 0 bridgehead atoms. The predicted molar refractivity (Wildman–Crippen MR) is 117 cm³/mol. The number of rotatable bonds is 7. The second kappa shape index (κ2) is 9.18. The fourth-order valence-electron chi connectivity index (χ4n) is 2.80. The maximum Gasteiger partial charge on any atom is 0.248 e. The molecule has 0 fully saturated rings. The Morgan fingerprint density at radius 2 is 1.77 bits per heavy atom. The largest absolute Gasteiger partial charge is 0.366 e. The number of aromatic nitrogens is 5. The number of hydrogen-bond acceptors (Lipinski definition) is 7. The van der Waals surface area contributed by atoms with Gasteiger partial charge in [-0.25, -0.2) is 4.98 Å². The zero-order valence-electron chi connectivity index (χ0n) is 16.2. The summed E-state index contributed by atoms with van der Waals surface area (Å²) in [6.07, 6.45) is 4.78. The fraction of sp³-hybridized carbons (Fsp3) is 0.0476. The number of nitrogens with two attached hydrogens (primary N) is 1. The van der Waals surface area contributed by atoms with E-state index in [1.54, 1.807) is 42.9 Å². The van der Waals surface area contributed by atoms with Gasteiger partial charge in [0.05, 0.1) is 11.9 Å². The first-order valence-corrected chi connectivity index (χ1v) is 10.2. The van der Waals surface area contributed by atoms with Crippen molar-refractivity contribution in [2.45, 2.75) is 5.16 Å². The molecule has 2 amide bonds. The van der Waals surface area contributed by atoms with Crippen LogP contribution in [-0.2, 0) is 4.79 Å². The van der Waals surface area contributed by atoms with Gasteiger partial charge in [-0.05, 0) is 36.4 Å². The third-order valence-corrected chi connectivity index (χ3v) is 5.15. The number of benzene rings is 2. The molecule has 154 valence electrons. The smallest absolute Gasteiger partial charge is 0.248 e. The summed E-state index contributed by atoms with van der Waals surface area (Å²) in [6.45, 7) is 0. The van der Waals surface area contributed by atoms with Crippen LogP contribution in [-0.4, -0.2) is 42.3 Å². The van der Waals surface area contributed by atoms with E-state index in [4.69, 9.17) is 5.73 Å². The summed E-state index contributed by atoms with van der Waals surface area (Å²) < 4.78 is 1.84. The molecule has 2 aromatic heterocycles. The zero-order valence-corrected chi connectivity index (χ0v) is 17.0. The van der Waals surface area contributed by atoms with Crippen LogP contribution in [0, 0.1) is 0 Å². The molecule has 0 radical (unpaired) electrons. The van der Waals surface area contributed by atoms with Crippen molar-refractivity contribution >= 4 is 29.3 Å². The van der Waals surface area contributed by atoms with Gasteiger partial charge in [0.1, 0.15) is 5.69 Å². The highest BCUT2D eigenvalue weighted by Gasteiger charge is 2.18. The van der Waals surface area contributed by atoms with Crippen LogP contribution in [0.15, 0.2) is 78.3 Å². The molecular weight excluding hydrogens is 414 g/mol. The summed E-state index contributed by atoms with van der Waals surface area (Å²) in [5.74, 6) is -0.0967. The average molecular weight is 431 g/mol. The SMILES string of the molecule is NC(=O)c1ccc(NC(=O)CSc2nnc(-c3cnccn3)n2-c2ccccc2)cc1. The van der Waals surface area contributed by atoms with Gasteiger partial charge in [-0.3, -0.25) is 19.1 Å². The van der Waals surface area contributed by atoms with Crippen LogP contribution >= 0.6 is 11.8 Å². The van der Waals surface area contributed by atoms with Crippen molar-refractivity contribution in [3.8, 4) is 17.2 Å². The Kier molecular flexibility index (Phi) is 5.99. The number of carbonyl (C=O) groups excluding carboxylic acids is 2. The summed E-state index contributed by atoms with van der Waals surface area (Å²) in [6, 6.07) is 16.0. The highest BCUT2D eigenvalue weighted by molar-refractivity contribution is 7.99. The molecule has 0 aliphatic heterocycles. The minimum absolute atomic E-state index is 0.114. The Morgan fingerprint density at radius 3 is 2.45 bits per heavy atom. The van der Waals surface area contributed by atoms with E-state index in [1.807, 2.05) is 34.9 Å².